The van der Waals surface area contributed by atoms with Gasteiger partial charge in [-0.3, -0.25) is 9.80 Å². The summed E-state index contributed by atoms with van der Waals surface area (Å²) < 4.78 is 0. The van der Waals surface area contributed by atoms with Gasteiger partial charge in [-0.15, -0.1) is 0 Å². The van der Waals surface area contributed by atoms with Gasteiger partial charge in [0.1, 0.15) is 11.5 Å². The molecule has 92 valence electrons. The van der Waals surface area contributed by atoms with Crippen LogP contribution in [0.1, 0.15) is 12.8 Å². The van der Waals surface area contributed by atoms with E-state index >= 15 is 0 Å². The van der Waals surface area contributed by atoms with Gasteiger partial charge in [-0.1, -0.05) is 0 Å². The quantitative estimate of drug-likeness (QED) is 0.505. The minimum Gasteiger partial charge on any atom is -0.299 e. The smallest absolute Gasteiger partial charge is 0.299 e. The molecule has 1 saturated heterocycles. The zero-order chi connectivity index (χ0) is 10.2. The Labute approximate surface area is 115 Å². The van der Waals surface area contributed by atoms with Gasteiger partial charge in [-0.05, 0) is 64.3 Å². The minimum atomic E-state index is 0. The molecule has 1 heterocycles. The van der Waals surface area contributed by atoms with Crippen LogP contribution in [0.5, 0.6) is 0 Å². The first-order valence-electron chi connectivity index (χ1n) is 5.60. The molecule has 0 atom stereocenters. The molecule has 0 aromatic heterocycles. The van der Waals surface area contributed by atoms with Crippen LogP contribution in [0.4, 0.5) is 0 Å². The Balaban J connectivity index is 0.00000196. The Kier molecular flexibility index (Phi) is 11.0. The second-order valence-corrected chi connectivity index (χ2v) is 4.89. The second kappa shape index (κ2) is 10.3. The topological polar surface area (TPSA) is 6.48 Å². The van der Waals surface area contributed by atoms with Gasteiger partial charge in [0, 0.05) is 13.1 Å². The molecular formula is C10H24N2NiS2+4. The van der Waals surface area contributed by atoms with E-state index in [1.807, 2.05) is 0 Å². The molecular weight excluding hydrogens is 271 g/mol. The standard InChI is InChI=1S/C10H22N2S2.Ni/c13-9-7-11-3-1-4-12(8-10-14)6-2-5-11;/h13-14H,1-10H2;/q;+2/p+2. The van der Waals surface area contributed by atoms with E-state index in [4.69, 9.17) is 0 Å². The van der Waals surface area contributed by atoms with Gasteiger partial charge >= 0.3 is 16.5 Å². The van der Waals surface area contributed by atoms with Crippen LogP contribution in [0.25, 0.3) is 0 Å². The van der Waals surface area contributed by atoms with Crippen LogP contribution >= 0.6 is 0 Å². The summed E-state index contributed by atoms with van der Waals surface area (Å²) in [6.45, 7) is 7.47. The van der Waals surface area contributed by atoms with E-state index < -0.39 is 0 Å². The molecule has 1 rings (SSSR count). The molecule has 15 heavy (non-hydrogen) atoms. The van der Waals surface area contributed by atoms with E-state index in [0.29, 0.717) is 0 Å². The fraction of sp³-hybridized carbons (Fsp3) is 1.00. The summed E-state index contributed by atoms with van der Waals surface area (Å²) in [5.74, 6) is 2.20. The molecule has 0 radical (unpaired) electrons. The first-order valence-corrected chi connectivity index (χ1v) is 7.02. The van der Waals surface area contributed by atoms with Crippen molar-refractivity contribution in [3.63, 3.8) is 0 Å². The maximum atomic E-state index is 3.55. The van der Waals surface area contributed by atoms with E-state index in [1.54, 1.807) is 0 Å². The molecule has 0 unspecified atom stereocenters. The molecule has 0 amide bonds. The molecule has 0 N–H and O–H groups in total. The third-order valence-corrected chi connectivity index (χ3v) is 3.20. The monoisotopic (exact) mass is 294 g/mol. The van der Waals surface area contributed by atoms with Gasteiger partial charge in [0.2, 0.25) is 0 Å². The van der Waals surface area contributed by atoms with Gasteiger partial charge in [0.25, 0.3) is 0 Å². The fourth-order valence-corrected chi connectivity index (χ4v) is 2.66. The largest absolute Gasteiger partial charge is 2.00 e. The second-order valence-electron chi connectivity index (χ2n) is 3.89. The number of rotatable bonds is 4. The van der Waals surface area contributed by atoms with Crippen molar-refractivity contribution in [1.82, 2.24) is 9.80 Å². The van der Waals surface area contributed by atoms with Crippen LogP contribution in [-0.4, -0.2) is 60.6 Å². The molecule has 0 spiro atoms. The molecule has 0 saturated carbocycles. The van der Waals surface area contributed by atoms with Crippen molar-refractivity contribution >= 4 is 25.3 Å². The molecule has 0 bridgehead atoms. The van der Waals surface area contributed by atoms with Crippen LogP contribution < -0.4 is 0 Å². The summed E-state index contributed by atoms with van der Waals surface area (Å²) in [6.07, 6.45) is 2.64. The summed E-state index contributed by atoms with van der Waals surface area (Å²) in [5.41, 5.74) is 0. The molecule has 0 aromatic rings. The van der Waals surface area contributed by atoms with Crippen molar-refractivity contribution in [2.45, 2.75) is 12.8 Å². The van der Waals surface area contributed by atoms with Crippen LogP contribution in [0, 0.1) is 0 Å². The van der Waals surface area contributed by atoms with Crippen LogP contribution in [0.15, 0.2) is 0 Å². The van der Waals surface area contributed by atoms with Gasteiger partial charge in [-0.25, -0.2) is 0 Å². The van der Waals surface area contributed by atoms with Crippen LogP contribution in [-0.2, 0) is 41.7 Å². The van der Waals surface area contributed by atoms with E-state index in [-0.39, 0.29) is 16.5 Å². The predicted octanol–water partition coefficient (Wildman–Crippen LogP) is -0.595. The molecule has 0 aromatic carbocycles. The first kappa shape index (κ1) is 16.1. The molecule has 1 aliphatic rings. The SMILES string of the molecule is [Ni+2].[SH2+]CCN1CCCN(CC[SH2+])CCC1. The van der Waals surface area contributed by atoms with E-state index in [9.17, 15) is 0 Å². The Morgan fingerprint density at radius 2 is 1.07 bits per heavy atom. The zero-order valence-corrected chi connectivity index (χ0v) is 12.3. The summed E-state index contributed by atoms with van der Waals surface area (Å²) in [5, 5.41) is 0. The average molecular weight is 295 g/mol. The van der Waals surface area contributed by atoms with Crippen molar-refractivity contribution < 1.29 is 16.5 Å². The number of hydrogen-bond donors (Lipinski definition) is 0. The van der Waals surface area contributed by atoms with Gasteiger partial charge in [-0.2, -0.15) is 0 Å². The van der Waals surface area contributed by atoms with E-state index in [1.165, 1.54) is 52.1 Å². The third kappa shape index (κ3) is 7.11. The first-order chi connectivity index (χ1) is 6.86. The Hall–Kier alpha value is 1.11. The summed E-state index contributed by atoms with van der Waals surface area (Å²) in [6, 6.07) is 0. The fourth-order valence-electron chi connectivity index (χ4n) is 2.02. The van der Waals surface area contributed by atoms with Crippen LogP contribution in [0.2, 0.25) is 0 Å². The zero-order valence-electron chi connectivity index (χ0n) is 9.28. The Bertz CT molecular complexity index is 125. The Morgan fingerprint density at radius 1 is 0.733 bits per heavy atom. The minimum absolute atomic E-state index is 0. The summed E-state index contributed by atoms with van der Waals surface area (Å²) >= 11 is 7.11. The third-order valence-electron chi connectivity index (χ3n) is 2.75. The van der Waals surface area contributed by atoms with Crippen molar-refractivity contribution in [3.8, 4) is 0 Å². The molecule has 1 fully saturated rings. The van der Waals surface area contributed by atoms with E-state index in [0.717, 1.165) is 11.5 Å². The van der Waals surface area contributed by atoms with Crippen molar-refractivity contribution in [2.24, 2.45) is 0 Å². The molecule has 5 heteroatoms. The maximum absolute atomic E-state index is 3.55. The average Bonchev–Trinajstić information content (AvgIpc) is 2.13. The van der Waals surface area contributed by atoms with Crippen molar-refractivity contribution in [3.05, 3.63) is 0 Å². The predicted molar refractivity (Wildman–Crippen MR) is 72.2 cm³/mol. The number of hydrogen-bond acceptors (Lipinski definition) is 2. The molecule has 2 nitrogen and oxygen atoms in total. The summed E-state index contributed by atoms with van der Waals surface area (Å²) in [4.78, 5) is 5.13. The van der Waals surface area contributed by atoms with Crippen molar-refractivity contribution in [2.75, 3.05) is 50.8 Å². The normalized spacial score (nSPS) is 20.4. The van der Waals surface area contributed by atoms with Crippen LogP contribution in [0.3, 0.4) is 0 Å². The Morgan fingerprint density at radius 3 is 1.33 bits per heavy atom. The number of nitrogens with zero attached hydrogens (tertiary/aromatic N) is 2. The maximum Gasteiger partial charge on any atom is 2.00 e. The molecule has 0 aliphatic carbocycles. The van der Waals surface area contributed by atoms with Gasteiger partial charge < -0.3 is 0 Å². The van der Waals surface area contributed by atoms with Gasteiger partial charge in [0.15, 0.2) is 0 Å². The van der Waals surface area contributed by atoms with Gasteiger partial charge in [0.05, 0.1) is 0 Å². The van der Waals surface area contributed by atoms with Crippen molar-refractivity contribution in [1.29, 1.82) is 0 Å². The summed E-state index contributed by atoms with van der Waals surface area (Å²) in [7, 11) is 0. The molecule has 1 aliphatic heterocycles. The van der Waals surface area contributed by atoms with E-state index in [2.05, 4.69) is 35.1 Å².